The van der Waals surface area contributed by atoms with E-state index in [1.54, 1.807) is 25.1 Å². The van der Waals surface area contributed by atoms with E-state index in [0.717, 1.165) is 19.3 Å². The minimum atomic E-state index is -3.41. The van der Waals surface area contributed by atoms with E-state index >= 15 is 0 Å². The van der Waals surface area contributed by atoms with Gasteiger partial charge in [0.05, 0.1) is 10.6 Å². The molecule has 1 aliphatic heterocycles. The Balaban J connectivity index is 1.65. The molecular formula is C19H27Cl2N3O3S. The Morgan fingerprint density at radius 2 is 1.93 bits per heavy atom. The molecule has 0 unspecified atom stereocenters. The highest BCUT2D eigenvalue weighted by Gasteiger charge is 2.41. The minimum Gasteiger partial charge on any atom is -0.351 e. The molecule has 2 N–H and O–H groups in total. The van der Waals surface area contributed by atoms with Crippen LogP contribution in [0.25, 0.3) is 0 Å². The monoisotopic (exact) mass is 447 g/mol. The number of benzene rings is 1. The van der Waals surface area contributed by atoms with Crippen molar-refractivity contribution in [2.45, 2.75) is 39.0 Å². The summed E-state index contributed by atoms with van der Waals surface area (Å²) in [6, 6.07) is 4.83. The number of amides is 1. The van der Waals surface area contributed by atoms with E-state index in [1.807, 2.05) is 0 Å². The van der Waals surface area contributed by atoms with Crippen molar-refractivity contribution in [3.63, 3.8) is 0 Å². The molecule has 0 bridgehead atoms. The molecule has 2 aliphatic rings. The van der Waals surface area contributed by atoms with Crippen molar-refractivity contribution >= 4 is 39.3 Å². The third kappa shape index (κ3) is 5.39. The van der Waals surface area contributed by atoms with Crippen LogP contribution < -0.4 is 10.0 Å². The number of hydrogen-bond donors (Lipinski definition) is 2. The third-order valence-electron chi connectivity index (χ3n) is 5.67. The van der Waals surface area contributed by atoms with Crippen LogP contribution in [0.3, 0.4) is 0 Å². The van der Waals surface area contributed by atoms with Crippen LogP contribution in [0.1, 0.15) is 49.4 Å². The highest BCUT2D eigenvalue weighted by atomic mass is 35.5. The number of carbonyl (C=O) groups is 1. The SMILES string of the molecule is CCNS(=O)(=O)N1CCC(CNC(=O)c2ccc(Cl)cc2Cl)(CC2CC2)CC1. The van der Waals surface area contributed by atoms with E-state index in [-0.39, 0.29) is 11.3 Å². The number of hydrogen-bond acceptors (Lipinski definition) is 3. The molecule has 156 valence electrons. The Bertz CT molecular complexity index is 820. The van der Waals surface area contributed by atoms with Crippen LogP contribution >= 0.6 is 23.2 Å². The van der Waals surface area contributed by atoms with Crippen molar-refractivity contribution in [2.24, 2.45) is 11.3 Å². The van der Waals surface area contributed by atoms with Gasteiger partial charge in [0.2, 0.25) is 0 Å². The molecule has 1 saturated carbocycles. The van der Waals surface area contributed by atoms with Crippen LogP contribution in [0.5, 0.6) is 0 Å². The van der Waals surface area contributed by atoms with Crippen molar-refractivity contribution in [1.82, 2.24) is 14.3 Å². The van der Waals surface area contributed by atoms with E-state index in [9.17, 15) is 13.2 Å². The van der Waals surface area contributed by atoms with Crippen molar-refractivity contribution in [3.8, 4) is 0 Å². The molecular weight excluding hydrogens is 421 g/mol. The quantitative estimate of drug-likeness (QED) is 0.640. The lowest BCUT2D eigenvalue weighted by molar-refractivity contribution is 0.0871. The van der Waals surface area contributed by atoms with Crippen molar-refractivity contribution in [1.29, 1.82) is 0 Å². The summed E-state index contributed by atoms with van der Waals surface area (Å²) in [5.41, 5.74) is 0.327. The van der Waals surface area contributed by atoms with Crippen molar-refractivity contribution < 1.29 is 13.2 Å². The summed E-state index contributed by atoms with van der Waals surface area (Å²) in [5.74, 6) is 0.465. The number of carbonyl (C=O) groups excluding carboxylic acids is 1. The second-order valence-electron chi connectivity index (χ2n) is 7.86. The summed E-state index contributed by atoms with van der Waals surface area (Å²) < 4.78 is 28.6. The van der Waals surface area contributed by atoms with Crippen molar-refractivity contribution in [3.05, 3.63) is 33.8 Å². The number of nitrogens with zero attached hydrogens (tertiary/aromatic N) is 1. The molecule has 0 aromatic heterocycles. The first-order valence-electron chi connectivity index (χ1n) is 9.73. The van der Waals surface area contributed by atoms with Gasteiger partial charge >= 0.3 is 0 Å². The van der Waals surface area contributed by atoms with Gasteiger partial charge in [-0.15, -0.1) is 0 Å². The molecule has 0 atom stereocenters. The van der Waals surface area contributed by atoms with E-state index in [4.69, 9.17) is 23.2 Å². The van der Waals surface area contributed by atoms with Crippen LogP contribution in [-0.2, 0) is 10.2 Å². The molecule has 1 amide bonds. The number of piperidine rings is 1. The maximum Gasteiger partial charge on any atom is 0.279 e. The largest absolute Gasteiger partial charge is 0.351 e. The maximum atomic E-state index is 12.6. The van der Waals surface area contributed by atoms with Gasteiger partial charge in [-0.25, -0.2) is 4.72 Å². The molecule has 3 rings (SSSR count). The first kappa shape index (κ1) is 21.8. The Hall–Kier alpha value is -0.860. The Kier molecular flexibility index (Phi) is 6.92. The highest BCUT2D eigenvalue weighted by Crippen LogP contribution is 2.45. The van der Waals surface area contributed by atoms with E-state index in [0.29, 0.717) is 47.7 Å². The van der Waals surface area contributed by atoms with Gasteiger partial charge in [0, 0.05) is 31.2 Å². The molecule has 1 aromatic carbocycles. The topological polar surface area (TPSA) is 78.5 Å². The predicted octanol–water partition coefficient (Wildman–Crippen LogP) is 3.46. The number of rotatable bonds is 8. The zero-order chi connectivity index (χ0) is 20.4. The maximum absolute atomic E-state index is 12.6. The van der Waals surface area contributed by atoms with Crippen LogP contribution in [0.15, 0.2) is 18.2 Å². The molecule has 0 radical (unpaired) electrons. The van der Waals surface area contributed by atoms with Gasteiger partial charge in [-0.05, 0) is 48.8 Å². The van der Waals surface area contributed by atoms with E-state index in [1.165, 1.54) is 17.1 Å². The number of nitrogens with one attached hydrogen (secondary N) is 2. The predicted molar refractivity (Wildman–Crippen MR) is 112 cm³/mol. The van der Waals surface area contributed by atoms with Gasteiger partial charge in [0.25, 0.3) is 16.1 Å². The summed E-state index contributed by atoms with van der Waals surface area (Å²) in [7, 11) is -3.41. The third-order valence-corrected chi connectivity index (χ3v) is 7.91. The van der Waals surface area contributed by atoms with Gasteiger partial charge < -0.3 is 5.32 Å². The normalized spacial score (nSPS) is 20.1. The summed E-state index contributed by atoms with van der Waals surface area (Å²) >= 11 is 12.1. The van der Waals surface area contributed by atoms with Crippen LogP contribution in [-0.4, -0.2) is 44.8 Å². The van der Waals surface area contributed by atoms with Gasteiger partial charge in [-0.3, -0.25) is 4.79 Å². The van der Waals surface area contributed by atoms with Crippen LogP contribution in [0.2, 0.25) is 10.0 Å². The average molecular weight is 448 g/mol. The molecule has 1 saturated heterocycles. The second kappa shape index (κ2) is 8.88. The lowest BCUT2D eigenvalue weighted by Crippen LogP contribution is -2.50. The zero-order valence-electron chi connectivity index (χ0n) is 16.0. The molecule has 6 nitrogen and oxygen atoms in total. The Labute approximate surface area is 177 Å². The minimum absolute atomic E-state index is 0.0754. The molecule has 1 heterocycles. The molecule has 0 spiro atoms. The van der Waals surface area contributed by atoms with Crippen molar-refractivity contribution in [2.75, 3.05) is 26.2 Å². The van der Waals surface area contributed by atoms with Gasteiger partial charge in [0.15, 0.2) is 0 Å². The molecule has 9 heteroatoms. The van der Waals surface area contributed by atoms with Crippen LogP contribution in [0, 0.1) is 11.3 Å². The summed E-state index contributed by atoms with van der Waals surface area (Å²) in [4.78, 5) is 12.6. The summed E-state index contributed by atoms with van der Waals surface area (Å²) in [6.07, 6.45) is 4.94. The fraction of sp³-hybridized carbons (Fsp3) is 0.632. The second-order valence-corrected chi connectivity index (χ2v) is 10.5. The zero-order valence-corrected chi connectivity index (χ0v) is 18.3. The lowest BCUT2D eigenvalue weighted by atomic mass is 9.74. The van der Waals surface area contributed by atoms with E-state index in [2.05, 4.69) is 10.0 Å². The molecule has 2 fully saturated rings. The fourth-order valence-corrected chi connectivity index (χ4v) is 5.60. The van der Waals surface area contributed by atoms with Gasteiger partial charge in [-0.2, -0.15) is 12.7 Å². The first-order chi connectivity index (χ1) is 13.2. The Morgan fingerprint density at radius 3 is 2.50 bits per heavy atom. The van der Waals surface area contributed by atoms with Crippen LogP contribution in [0.4, 0.5) is 0 Å². The van der Waals surface area contributed by atoms with E-state index < -0.39 is 10.2 Å². The summed E-state index contributed by atoms with van der Waals surface area (Å²) in [5, 5.41) is 3.85. The highest BCUT2D eigenvalue weighted by molar-refractivity contribution is 7.87. The standard InChI is InChI=1S/C19H27Cl2N3O3S/c1-2-23-28(26,27)24-9-7-19(8-10-24,12-14-3-4-14)13-22-18(25)16-6-5-15(20)11-17(16)21/h5-6,11,14,23H,2-4,7-10,12-13H2,1H3,(H,22,25). The fourth-order valence-electron chi connectivity index (χ4n) is 3.90. The average Bonchev–Trinajstić information content (AvgIpc) is 3.44. The number of halogens is 2. The lowest BCUT2D eigenvalue weighted by Gasteiger charge is -2.41. The molecule has 28 heavy (non-hydrogen) atoms. The molecule has 1 aliphatic carbocycles. The first-order valence-corrected chi connectivity index (χ1v) is 11.9. The van der Waals surface area contributed by atoms with Gasteiger partial charge in [0.1, 0.15) is 0 Å². The Morgan fingerprint density at radius 1 is 1.25 bits per heavy atom. The molecule has 1 aromatic rings. The summed E-state index contributed by atoms with van der Waals surface area (Å²) in [6.45, 7) is 3.62. The smallest absolute Gasteiger partial charge is 0.279 e. The van der Waals surface area contributed by atoms with Gasteiger partial charge in [-0.1, -0.05) is 43.0 Å².